The Morgan fingerprint density at radius 3 is 2.52 bits per heavy atom. The van der Waals surface area contributed by atoms with Crippen LogP contribution in [0, 0.1) is 18.2 Å². The van der Waals surface area contributed by atoms with Crippen LogP contribution in [0.3, 0.4) is 0 Å². The minimum Gasteiger partial charge on any atom is -0.345 e. The summed E-state index contributed by atoms with van der Waals surface area (Å²) in [7, 11) is 1.74. The van der Waals surface area contributed by atoms with Crippen molar-refractivity contribution in [2.24, 2.45) is 5.41 Å². The summed E-state index contributed by atoms with van der Waals surface area (Å²) in [6.45, 7) is 11.0. The molecule has 3 atom stereocenters. The molecule has 12 nitrogen and oxygen atoms in total. The number of hydrogen-bond acceptors (Lipinski definition) is 8. The SMILES string of the molecule is C=CCCCC(=O)N(C)C[C@@]12C[C@@H](C(=O)Nc3cc(F)cc(Br)n3)N(C(=O)Cn3nc(C(C)=O)c4cc(-c5cnc(C)nc5)cc(CC=C)c43)[C@@H]1C2. The van der Waals surface area contributed by atoms with Crippen molar-refractivity contribution < 1.29 is 23.6 Å². The molecule has 4 heterocycles. The number of nitrogens with zero attached hydrogens (tertiary/aromatic N) is 7. The van der Waals surface area contributed by atoms with Crippen molar-refractivity contribution in [3.8, 4) is 11.1 Å². The van der Waals surface area contributed by atoms with Gasteiger partial charge in [-0.15, -0.1) is 13.2 Å². The second-order valence-electron chi connectivity index (χ2n) is 13.6. The Hall–Kier alpha value is -5.11. The molecule has 0 unspecified atom stereocenters. The third-order valence-electron chi connectivity index (χ3n) is 9.82. The molecule has 52 heavy (non-hydrogen) atoms. The van der Waals surface area contributed by atoms with Gasteiger partial charge in [0, 0.05) is 73.9 Å². The fraction of sp³-hybridized carbons (Fsp3) is 0.368. The number of fused-ring (bicyclic) bond motifs is 2. The standard InChI is InChI=1S/C38H40BrFN8O4/c1-6-8-9-11-33(50)46(5)21-38-16-29(37(52)44-32-15-27(40)14-31(39)43-32)48(30(38)17-38)34(51)20-47-36-24(10-7-2)12-25(26-18-41-23(4)42-19-26)13-28(36)35(45-47)22(3)49/h6-7,12-15,18-19,29-30H,1-2,8-11,16-17,20-21H2,3-5H3,(H,43,44,52)/t29-,30+,38-/m0/s1. The third-order valence-corrected chi connectivity index (χ3v) is 10.2. The third kappa shape index (κ3) is 7.43. The number of halogens is 2. The Kier molecular flexibility index (Phi) is 10.5. The molecule has 3 aromatic heterocycles. The largest absolute Gasteiger partial charge is 0.345 e. The van der Waals surface area contributed by atoms with Gasteiger partial charge in [-0.3, -0.25) is 23.9 Å². The molecule has 1 aliphatic carbocycles. The predicted octanol–water partition coefficient (Wildman–Crippen LogP) is 5.84. The number of likely N-dealkylation sites (tertiary alicyclic amines) is 1. The summed E-state index contributed by atoms with van der Waals surface area (Å²) < 4.78 is 15.9. The number of hydrogen-bond donors (Lipinski definition) is 1. The van der Waals surface area contributed by atoms with Crippen molar-refractivity contribution in [3.63, 3.8) is 0 Å². The zero-order valence-electron chi connectivity index (χ0n) is 29.4. The zero-order valence-corrected chi connectivity index (χ0v) is 30.9. The van der Waals surface area contributed by atoms with Gasteiger partial charge < -0.3 is 15.1 Å². The monoisotopic (exact) mass is 770 g/mol. The molecule has 2 fully saturated rings. The molecule has 6 rings (SSSR count). The maximum atomic E-state index is 14.5. The van der Waals surface area contributed by atoms with Crippen molar-refractivity contribution in [1.29, 1.82) is 0 Å². The fourth-order valence-corrected chi connectivity index (χ4v) is 7.75. The molecule has 2 aliphatic rings. The summed E-state index contributed by atoms with van der Waals surface area (Å²) in [4.78, 5) is 70.3. The average Bonchev–Trinajstić information content (AvgIpc) is 3.48. The van der Waals surface area contributed by atoms with E-state index in [0.29, 0.717) is 55.4 Å². The van der Waals surface area contributed by atoms with Crippen molar-refractivity contribution in [2.45, 2.75) is 71.0 Å². The van der Waals surface area contributed by atoms with Crippen molar-refractivity contribution in [3.05, 3.63) is 89.5 Å². The highest BCUT2D eigenvalue weighted by molar-refractivity contribution is 9.10. The predicted molar refractivity (Wildman–Crippen MR) is 198 cm³/mol. The van der Waals surface area contributed by atoms with E-state index in [1.165, 1.54) is 17.7 Å². The van der Waals surface area contributed by atoms with Crippen molar-refractivity contribution >= 4 is 56.2 Å². The van der Waals surface area contributed by atoms with Crippen LogP contribution in [0.15, 0.2) is 66.6 Å². The van der Waals surface area contributed by atoms with E-state index in [1.807, 2.05) is 12.1 Å². The lowest BCUT2D eigenvalue weighted by molar-refractivity contribution is -0.138. The molecule has 1 saturated carbocycles. The van der Waals surface area contributed by atoms with Crippen LogP contribution < -0.4 is 5.32 Å². The molecule has 0 spiro atoms. The molecule has 0 bridgehead atoms. The number of benzene rings is 1. The Bertz CT molecular complexity index is 2080. The number of Topliss-reactive ketones (excluding diaryl/α,β-unsaturated/α-hetero) is 1. The number of carbonyl (C=O) groups excluding carboxylic acids is 4. The minimum absolute atomic E-state index is 0.00132. The number of aryl methyl sites for hydroxylation is 1. The van der Waals surface area contributed by atoms with E-state index in [1.54, 1.807) is 48.3 Å². The number of nitrogens with one attached hydrogen (secondary N) is 1. The first-order valence-electron chi connectivity index (χ1n) is 17.1. The quantitative estimate of drug-likeness (QED) is 0.0730. The Balaban J connectivity index is 1.34. The second kappa shape index (κ2) is 14.9. The highest BCUT2D eigenvalue weighted by atomic mass is 79.9. The van der Waals surface area contributed by atoms with Gasteiger partial charge in [0.25, 0.3) is 0 Å². The van der Waals surface area contributed by atoms with Crippen LogP contribution in [-0.2, 0) is 27.3 Å². The van der Waals surface area contributed by atoms with Crippen LogP contribution in [-0.4, -0.2) is 83.7 Å². The van der Waals surface area contributed by atoms with E-state index in [2.05, 4.69) is 54.5 Å². The maximum Gasteiger partial charge on any atom is 0.248 e. The zero-order chi connectivity index (χ0) is 37.3. The molecule has 1 N–H and O–H groups in total. The Labute approximate surface area is 309 Å². The summed E-state index contributed by atoms with van der Waals surface area (Å²) in [6, 6.07) is 4.84. The summed E-state index contributed by atoms with van der Waals surface area (Å²) in [6.07, 6.45) is 10.1. The molecular weight excluding hydrogens is 731 g/mol. The summed E-state index contributed by atoms with van der Waals surface area (Å²) in [5.74, 6) is -1.15. The van der Waals surface area contributed by atoms with Gasteiger partial charge in [-0.1, -0.05) is 12.2 Å². The van der Waals surface area contributed by atoms with Crippen molar-refractivity contribution in [2.75, 3.05) is 18.9 Å². The second-order valence-corrected chi connectivity index (χ2v) is 14.4. The highest BCUT2D eigenvalue weighted by Gasteiger charge is 2.67. The highest BCUT2D eigenvalue weighted by Crippen LogP contribution is 2.60. The normalized spacial score (nSPS) is 18.9. The molecule has 14 heteroatoms. The molecule has 1 aliphatic heterocycles. The fourth-order valence-electron chi connectivity index (χ4n) is 7.34. The summed E-state index contributed by atoms with van der Waals surface area (Å²) in [5.41, 5.74) is 2.67. The number of pyridine rings is 1. The number of carbonyl (C=O) groups is 4. The van der Waals surface area contributed by atoms with Crippen LogP contribution in [0.25, 0.3) is 22.0 Å². The number of anilines is 1. The van der Waals surface area contributed by atoms with Crippen LogP contribution >= 0.6 is 15.9 Å². The van der Waals surface area contributed by atoms with Gasteiger partial charge in [-0.05, 0) is 78.2 Å². The number of aromatic nitrogens is 5. The number of ketones is 1. The lowest BCUT2D eigenvalue weighted by Gasteiger charge is -2.27. The first-order valence-corrected chi connectivity index (χ1v) is 17.9. The molecule has 3 amide bonds. The summed E-state index contributed by atoms with van der Waals surface area (Å²) >= 11 is 3.16. The van der Waals surface area contributed by atoms with E-state index in [4.69, 9.17) is 0 Å². The minimum atomic E-state index is -0.922. The number of allylic oxidation sites excluding steroid dienone is 2. The smallest absolute Gasteiger partial charge is 0.248 e. The molecule has 1 saturated heterocycles. The van der Waals surface area contributed by atoms with E-state index >= 15 is 0 Å². The molecular formula is C38H40BrFN8O4. The van der Waals surface area contributed by atoms with Gasteiger partial charge in [0.05, 0.1) is 5.52 Å². The van der Waals surface area contributed by atoms with Gasteiger partial charge in [-0.25, -0.2) is 19.3 Å². The van der Waals surface area contributed by atoms with Crippen molar-refractivity contribution in [1.82, 2.24) is 34.5 Å². The van der Waals surface area contributed by atoms with Gasteiger partial charge in [0.1, 0.15) is 40.3 Å². The van der Waals surface area contributed by atoms with Crippen LogP contribution in [0.2, 0.25) is 0 Å². The first kappa shape index (κ1) is 36.7. The first-order chi connectivity index (χ1) is 24.8. The van der Waals surface area contributed by atoms with Gasteiger partial charge in [0.2, 0.25) is 17.7 Å². The molecule has 1 aromatic carbocycles. The number of unbranched alkanes of at least 4 members (excludes halogenated alkanes) is 1. The number of piperidine rings is 1. The van der Waals surface area contributed by atoms with Gasteiger partial charge in [-0.2, -0.15) is 5.10 Å². The lowest BCUT2D eigenvalue weighted by Crippen LogP contribution is -2.46. The van der Waals surface area contributed by atoms with Gasteiger partial charge >= 0.3 is 0 Å². The van der Waals surface area contributed by atoms with E-state index < -0.39 is 23.2 Å². The van der Waals surface area contributed by atoms with Crippen LogP contribution in [0.4, 0.5) is 10.2 Å². The van der Waals surface area contributed by atoms with E-state index in [-0.39, 0.29) is 46.3 Å². The summed E-state index contributed by atoms with van der Waals surface area (Å²) in [5, 5.41) is 7.91. The van der Waals surface area contributed by atoms with Crippen LogP contribution in [0.5, 0.6) is 0 Å². The van der Waals surface area contributed by atoms with Crippen LogP contribution in [0.1, 0.15) is 60.9 Å². The Morgan fingerprint density at radius 1 is 1.10 bits per heavy atom. The molecule has 270 valence electrons. The lowest BCUT2D eigenvalue weighted by atomic mass is 9.98. The number of amides is 3. The topological polar surface area (TPSA) is 143 Å². The van der Waals surface area contributed by atoms with Gasteiger partial charge in [0.15, 0.2) is 5.78 Å². The average molecular weight is 772 g/mol. The molecule has 0 radical (unpaired) electrons. The van der Waals surface area contributed by atoms with E-state index in [9.17, 15) is 23.6 Å². The maximum absolute atomic E-state index is 14.5. The molecule has 4 aromatic rings. The van der Waals surface area contributed by atoms with E-state index in [0.717, 1.165) is 29.2 Å². The Morgan fingerprint density at radius 2 is 1.85 bits per heavy atom. The number of rotatable bonds is 14.